The van der Waals surface area contributed by atoms with Crippen molar-refractivity contribution >= 4 is 0 Å². The number of rotatable bonds is 14. The fourth-order valence-corrected chi connectivity index (χ4v) is 99.7. The van der Waals surface area contributed by atoms with Crippen LogP contribution in [0.4, 0.5) is 0 Å². The molecule has 10 heterocycles. The van der Waals surface area contributed by atoms with Crippen LogP contribution in [-0.2, 0) is 6.51 Å². The van der Waals surface area contributed by atoms with E-state index in [1.54, 1.807) is 51.4 Å². The quantitative estimate of drug-likeness (QED) is 0.197. The number of fused-ring (bicyclic) bond motifs is 10. The molecule has 0 amide bonds. The first kappa shape index (κ1) is 14.5. The summed E-state index contributed by atoms with van der Waals surface area (Å²) in [5, 5.41) is 0. The molecule has 4 atom stereocenters. The molecule has 0 aromatic carbocycles. The predicted octanol–water partition coefficient (Wildman–Crippen LogP) is 9.62. The Morgan fingerprint density at radius 2 is 0.852 bits per heavy atom. The van der Waals surface area contributed by atoms with Gasteiger partial charge in [-0.15, -0.1) is 0 Å². The maximum absolute atomic E-state index is 2.97. The van der Waals surface area contributed by atoms with Gasteiger partial charge in [0, 0.05) is 0 Å². The van der Waals surface area contributed by atoms with Crippen molar-refractivity contribution in [3.05, 3.63) is 0 Å². The Hall–Kier alpha value is 0.519. The van der Waals surface area contributed by atoms with Crippen LogP contribution in [0.15, 0.2) is 0 Å². The molecule has 0 saturated carbocycles. The standard InChI is InChI=1S/C21H37.C5H5.Fe/c1-3-5-7-9-11-13-16-20-18-15-19-21(20)17-14-12-10-8-6-4-2;1-2-4-5-3-1;/h15,18-19H,3-14,16-17H2,1-2H3;1-5H;. The summed E-state index contributed by atoms with van der Waals surface area (Å²) in [5.74, 6) is 0. The molecule has 154 valence electrons. The van der Waals surface area contributed by atoms with Crippen molar-refractivity contribution in [3.8, 4) is 0 Å². The van der Waals surface area contributed by atoms with Gasteiger partial charge in [-0.05, 0) is 0 Å². The van der Waals surface area contributed by atoms with Crippen molar-refractivity contribution in [3.63, 3.8) is 0 Å². The third kappa shape index (κ3) is 0.264. The summed E-state index contributed by atoms with van der Waals surface area (Å²) in [4.78, 5) is 12.3. The van der Waals surface area contributed by atoms with Crippen molar-refractivity contribution in [2.75, 3.05) is 0 Å². The fraction of sp³-hybridized carbons (Fsp3) is 1.00. The second kappa shape index (κ2) is 1.89. The summed E-state index contributed by atoms with van der Waals surface area (Å²) in [6.07, 6.45) is 22.1. The average molecular weight is 410 g/mol. The van der Waals surface area contributed by atoms with E-state index >= 15 is 0 Å². The Kier molecular flexibility index (Phi) is 1.02. The molecule has 1 heteroatoms. The molecule has 10 saturated heterocycles. The van der Waals surface area contributed by atoms with E-state index < -0.39 is 6.51 Å². The van der Waals surface area contributed by atoms with E-state index in [1.807, 2.05) is 0 Å². The van der Waals surface area contributed by atoms with E-state index in [-0.39, 0.29) is 0 Å². The number of hydrogen-bond donors (Lipinski definition) is 0. The van der Waals surface area contributed by atoms with E-state index in [9.17, 15) is 0 Å². The van der Waals surface area contributed by atoms with Gasteiger partial charge in [0.05, 0.1) is 0 Å². The number of unbranched alkanes of at least 4 members (excludes halogenated alkanes) is 10. The van der Waals surface area contributed by atoms with Crippen LogP contribution >= 0.6 is 0 Å². The van der Waals surface area contributed by atoms with Gasteiger partial charge in [-0.2, -0.15) is 0 Å². The van der Waals surface area contributed by atoms with Crippen molar-refractivity contribution in [2.45, 2.75) is 151 Å². The van der Waals surface area contributed by atoms with Crippen LogP contribution in [0, 0.1) is 0 Å². The minimum atomic E-state index is -2.97. The van der Waals surface area contributed by atoms with Gasteiger partial charge in [-0.25, -0.2) is 0 Å². The summed E-state index contributed by atoms with van der Waals surface area (Å²) in [6.45, 7) is 1.75. The molecule has 0 aromatic rings. The SMILES string of the molecule is CCCCCCCC[C]12[CH]3[CH]4[CH]5[C]1(CCCCCCCC)[Fe]43521678[CH]2[CH]1[CH]6[CH]7[CH]28. The van der Waals surface area contributed by atoms with Crippen molar-refractivity contribution in [2.24, 2.45) is 0 Å². The molecule has 1 spiro atoms. The van der Waals surface area contributed by atoms with Gasteiger partial charge in [-0.3, -0.25) is 0 Å². The summed E-state index contributed by atoms with van der Waals surface area (Å²) in [7, 11) is 0. The Morgan fingerprint density at radius 1 is 0.481 bits per heavy atom. The van der Waals surface area contributed by atoms with Crippen LogP contribution in [0.25, 0.3) is 0 Å². The molecule has 0 nitrogen and oxygen atoms in total. The molecule has 27 heavy (non-hydrogen) atoms. The van der Waals surface area contributed by atoms with Crippen LogP contribution in [0.5, 0.6) is 0 Å². The third-order valence-corrected chi connectivity index (χ3v) is 63.4. The summed E-state index contributed by atoms with van der Waals surface area (Å²) in [5.41, 5.74) is 0. The second-order valence-corrected chi connectivity index (χ2v) is 38.5. The molecule has 0 aliphatic carbocycles. The Balaban J connectivity index is 0.952. The van der Waals surface area contributed by atoms with Crippen molar-refractivity contribution in [1.29, 1.82) is 0 Å². The normalized spacial score (nSPS) is 82.3. The topological polar surface area (TPSA) is 0 Å². The van der Waals surface area contributed by atoms with Gasteiger partial charge in [0.25, 0.3) is 0 Å². The van der Waals surface area contributed by atoms with Crippen LogP contribution in [-0.4, -0.2) is 0 Å². The van der Waals surface area contributed by atoms with Crippen LogP contribution < -0.4 is 0 Å². The molecule has 4 unspecified atom stereocenters. The van der Waals surface area contributed by atoms with Gasteiger partial charge >= 0.3 is 157 Å². The molecule has 0 bridgehead atoms. The average Bonchev–Trinajstić information content (AvgIpc) is 3.62. The molecule has 10 aliphatic heterocycles. The zero-order valence-corrected chi connectivity index (χ0v) is 19.0. The molecular weight excluding hydrogens is 368 g/mol. The first-order valence-electron chi connectivity index (χ1n) is 13.3. The summed E-state index contributed by atoms with van der Waals surface area (Å²) >= 11 is 0. The zero-order chi connectivity index (χ0) is 17.8. The minimum absolute atomic E-state index is 1.18. The second-order valence-electron chi connectivity index (χ2n) is 15.1. The Bertz CT molecular complexity index is 1020. The van der Waals surface area contributed by atoms with E-state index in [0.717, 1.165) is 0 Å². The molecule has 0 N–H and O–H groups in total. The first-order valence-corrected chi connectivity index (χ1v) is 19.5. The van der Waals surface area contributed by atoms with E-state index in [2.05, 4.69) is 13.8 Å². The molecule has 0 aromatic heterocycles. The summed E-state index contributed by atoms with van der Waals surface area (Å²) in [6, 6.07) is 0. The van der Waals surface area contributed by atoms with Crippen molar-refractivity contribution < 1.29 is 6.51 Å². The van der Waals surface area contributed by atoms with E-state index in [1.165, 1.54) is 85.7 Å². The Morgan fingerprint density at radius 3 is 1.19 bits per heavy atom. The molecule has 0 radical (unpaired) electrons. The zero-order valence-electron chi connectivity index (χ0n) is 17.9. The molecular formula is C26H42Fe. The third-order valence-electron chi connectivity index (χ3n) is 19.3. The van der Waals surface area contributed by atoms with Crippen LogP contribution in [0.1, 0.15) is 104 Å². The van der Waals surface area contributed by atoms with Gasteiger partial charge < -0.3 is 0 Å². The summed E-state index contributed by atoms with van der Waals surface area (Å²) < 4.78 is 2.36. The van der Waals surface area contributed by atoms with E-state index in [0.29, 0.717) is 0 Å². The molecule has 10 fully saturated rings. The van der Waals surface area contributed by atoms with E-state index in [4.69, 9.17) is 0 Å². The van der Waals surface area contributed by atoms with Gasteiger partial charge in [0.2, 0.25) is 0 Å². The monoisotopic (exact) mass is 410 g/mol. The Labute approximate surface area is 157 Å². The predicted molar refractivity (Wildman–Crippen MR) is 111 cm³/mol. The molecule has 10 aliphatic rings. The van der Waals surface area contributed by atoms with Crippen LogP contribution in [0.2, 0.25) is 47.2 Å². The van der Waals surface area contributed by atoms with Gasteiger partial charge in [0.15, 0.2) is 0 Å². The van der Waals surface area contributed by atoms with Crippen LogP contribution in [0.3, 0.4) is 0 Å². The fourth-order valence-electron chi connectivity index (χ4n) is 21.3. The first-order chi connectivity index (χ1) is 13.1. The van der Waals surface area contributed by atoms with Crippen molar-refractivity contribution in [1.82, 2.24) is 0 Å². The van der Waals surface area contributed by atoms with Gasteiger partial charge in [-0.1, -0.05) is 0 Å². The molecule has 10 rings (SSSR count). The number of hydrogen-bond acceptors (Lipinski definition) is 0. The maximum atomic E-state index is 2.36. The van der Waals surface area contributed by atoms with Gasteiger partial charge in [0.1, 0.15) is 0 Å².